The second-order valence-electron chi connectivity index (χ2n) is 5.83. The lowest BCUT2D eigenvalue weighted by atomic mass is 10.2. The quantitative estimate of drug-likeness (QED) is 0.271. The molecule has 5 nitrogen and oxygen atoms in total. The average Bonchev–Trinajstić information content (AvgIpc) is 2.88. The van der Waals surface area contributed by atoms with Gasteiger partial charge in [0.05, 0.1) is 30.5 Å². The fourth-order valence-electron chi connectivity index (χ4n) is 2.41. The smallest absolute Gasteiger partial charge is 0.224 e. The van der Waals surface area contributed by atoms with Gasteiger partial charge in [-0.25, -0.2) is 10.4 Å². The predicted octanol–water partition coefficient (Wildman–Crippen LogP) is 5.02. The summed E-state index contributed by atoms with van der Waals surface area (Å²) in [6.45, 7) is 4.06. The van der Waals surface area contributed by atoms with Gasteiger partial charge in [-0.1, -0.05) is 12.1 Å². The summed E-state index contributed by atoms with van der Waals surface area (Å²) in [6, 6.07) is 12.1. The molecule has 0 aliphatic carbocycles. The number of imidazole rings is 1. The largest absolute Gasteiger partial charge is 0.489 e. The van der Waals surface area contributed by atoms with Crippen LogP contribution >= 0.6 is 45.2 Å². The highest BCUT2D eigenvalue weighted by Gasteiger charge is 2.10. The zero-order valence-corrected chi connectivity index (χ0v) is 18.4. The second kappa shape index (κ2) is 7.90. The molecule has 0 amide bonds. The van der Waals surface area contributed by atoms with Crippen LogP contribution in [0.15, 0.2) is 41.5 Å². The Kier molecular flexibility index (Phi) is 5.82. The first-order valence-corrected chi connectivity index (χ1v) is 9.97. The van der Waals surface area contributed by atoms with E-state index in [9.17, 15) is 0 Å². The van der Waals surface area contributed by atoms with Crippen molar-refractivity contribution in [2.45, 2.75) is 20.0 Å². The van der Waals surface area contributed by atoms with Crippen molar-refractivity contribution in [2.75, 3.05) is 5.43 Å². The Morgan fingerprint density at radius 3 is 2.52 bits per heavy atom. The number of aromatic nitrogens is 2. The van der Waals surface area contributed by atoms with Crippen LogP contribution < -0.4 is 10.2 Å². The molecule has 1 heterocycles. The number of ether oxygens (including phenoxy) is 1. The Morgan fingerprint density at radius 2 is 1.88 bits per heavy atom. The van der Waals surface area contributed by atoms with E-state index in [1.54, 1.807) is 6.21 Å². The van der Waals surface area contributed by atoms with Crippen LogP contribution in [0.2, 0.25) is 0 Å². The van der Waals surface area contributed by atoms with Crippen LogP contribution in [-0.4, -0.2) is 21.9 Å². The number of aryl methyl sites for hydroxylation is 1. The summed E-state index contributed by atoms with van der Waals surface area (Å²) < 4.78 is 9.99. The molecule has 130 valence electrons. The second-order valence-corrected chi connectivity index (χ2v) is 8.16. The van der Waals surface area contributed by atoms with Gasteiger partial charge in [0, 0.05) is 7.05 Å². The summed E-state index contributed by atoms with van der Waals surface area (Å²) in [4.78, 5) is 4.54. The highest BCUT2D eigenvalue weighted by Crippen LogP contribution is 2.29. The van der Waals surface area contributed by atoms with Crippen molar-refractivity contribution in [2.24, 2.45) is 12.1 Å². The topological polar surface area (TPSA) is 51.4 Å². The van der Waals surface area contributed by atoms with Gasteiger partial charge < -0.3 is 9.30 Å². The molecular weight excluding hydrogens is 542 g/mol. The standard InChI is InChI=1S/C18H18I2N4O/c1-11(2)25-17-13(19)8-12(9-14(17)20)10-21-23-18-22-15-6-4-5-7-16(15)24(18)3/h4-11H,1-3H3,(H,22,23)/b21-10-. The molecule has 1 N–H and O–H groups in total. The van der Waals surface area contributed by atoms with Crippen LogP contribution in [0.5, 0.6) is 5.75 Å². The van der Waals surface area contributed by atoms with Crippen molar-refractivity contribution in [1.29, 1.82) is 0 Å². The number of hydrogen-bond donors (Lipinski definition) is 1. The zero-order chi connectivity index (χ0) is 18.0. The summed E-state index contributed by atoms with van der Waals surface area (Å²) in [7, 11) is 1.97. The summed E-state index contributed by atoms with van der Waals surface area (Å²) in [5.41, 5.74) is 6.05. The number of para-hydroxylation sites is 2. The molecule has 0 atom stereocenters. The Labute approximate surface area is 174 Å². The molecular formula is C18H18I2N4O. The molecule has 2 aromatic carbocycles. The van der Waals surface area contributed by atoms with Crippen LogP contribution in [0.1, 0.15) is 19.4 Å². The van der Waals surface area contributed by atoms with Crippen LogP contribution in [-0.2, 0) is 7.05 Å². The van der Waals surface area contributed by atoms with E-state index < -0.39 is 0 Å². The van der Waals surface area contributed by atoms with Gasteiger partial charge in [-0.3, -0.25) is 0 Å². The molecule has 0 bridgehead atoms. The molecule has 3 aromatic rings. The molecule has 0 aliphatic rings. The SMILES string of the molecule is CC(C)Oc1c(I)cc(/C=N\Nc2nc3ccccc3n2C)cc1I. The number of halogens is 2. The average molecular weight is 560 g/mol. The number of hydrogen-bond acceptors (Lipinski definition) is 4. The first-order valence-electron chi connectivity index (χ1n) is 7.82. The summed E-state index contributed by atoms with van der Waals surface area (Å²) in [6.07, 6.45) is 1.95. The van der Waals surface area contributed by atoms with Crippen LogP contribution in [0.4, 0.5) is 5.95 Å². The Hall–Kier alpha value is -1.36. The Balaban J connectivity index is 1.79. The molecule has 1 aromatic heterocycles. The van der Waals surface area contributed by atoms with Crippen molar-refractivity contribution in [1.82, 2.24) is 9.55 Å². The van der Waals surface area contributed by atoms with Gasteiger partial charge in [0.25, 0.3) is 0 Å². The van der Waals surface area contributed by atoms with E-state index in [-0.39, 0.29) is 6.10 Å². The third-order valence-corrected chi connectivity index (χ3v) is 5.14. The normalized spacial score (nSPS) is 11.6. The molecule has 3 rings (SSSR count). The lowest BCUT2D eigenvalue weighted by Crippen LogP contribution is -2.08. The molecule has 0 saturated heterocycles. The lowest BCUT2D eigenvalue weighted by molar-refractivity contribution is 0.239. The number of benzene rings is 2. The van der Waals surface area contributed by atoms with Gasteiger partial charge in [0.2, 0.25) is 5.95 Å². The first-order chi connectivity index (χ1) is 12.0. The summed E-state index contributed by atoms with van der Waals surface area (Å²) in [5.74, 6) is 1.64. The monoisotopic (exact) mass is 560 g/mol. The third-order valence-electron chi connectivity index (χ3n) is 3.54. The number of fused-ring (bicyclic) bond motifs is 1. The maximum atomic E-state index is 5.87. The Morgan fingerprint density at radius 1 is 1.20 bits per heavy atom. The van der Waals surface area contributed by atoms with Gasteiger partial charge in [-0.15, -0.1) is 0 Å². The van der Waals surface area contributed by atoms with E-state index in [1.807, 2.05) is 49.7 Å². The zero-order valence-electron chi connectivity index (χ0n) is 14.1. The maximum absolute atomic E-state index is 5.87. The van der Waals surface area contributed by atoms with Gasteiger partial charge in [0.15, 0.2) is 0 Å². The predicted molar refractivity (Wildman–Crippen MR) is 120 cm³/mol. The summed E-state index contributed by atoms with van der Waals surface area (Å²) in [5, 5.41) is 4.33. The van der Waals surface area contributed by atoms with Crippen LogP contribution in [0, 0.1) is 7.14 Å². The van der Waals surface area contributed by atoms with Gasteiger partial charge in [-0.2, -0.15) is 5.10 Å². The van der Waals surface area contributed by atoms with Crippen molar-refractivity contribution in [3.05, 3.63) is 49.1 Å². The fourth-order valence-corrected chi connectivity index (χ4v) is 4.48. The molecule has 0 fully saturated rings. The molecule has 0 aliphatic heterocycles. The van der Waals surface area contributed by atoms with Gasteiger partial charge in [0.1, 0.15) is 5.75 Å². The molecule has 25 heavy (non-hydrogen) atoms. The highest BCUT2D eigenvalue weighted by molar-refractivity contribution is 14.1. The number of rotatable bonds is 5. The molecule has 0 saturated carbocycles. The minimum atomic E-state index is 0.153. The highest BCUT2D eigenvalue weighted by atomic mass is 127. The minimum Gasteiger partial charge on any atom is -0.489 e. The maximum Gasteiger partial charge on any atom is 0.224 e. The number of nitrogens with one attached hydrogen (secondary N) is 1. The van der Waals surface area contributed by atoms with E-state index >= 15 is 0 Å². The van der Waals surface area contributed by atoms with E-state index in [0.29, 0.717) is 5.95 Å². The Bertz CT molecular complexity index is 911. The van der Waals surface area contributed by atoms with E-state index in [4.69, 9.17) is 4.74 Å². The number of nitrogens with zero attached hydrogens (tertiary/aromatic N) is 3. The molecule has 0 spiro atoms. The van der Waals surface area contributed by atoms with E-state index in [2.05, 4.69) is 72.8 Å². The lowest BCUT2D eigenvalue weighted by Gasteiger charge is -2.14. The number of hydrazone groups is 1. The van der Waals surface area contributed by atoms with Gasteiger partial charge in [-0.05, 0) is 88.9 Å². The van der Waals surface area contributed by atoms with Crippen molar-refractivity contribution in [3.63, 3.8) is 0 Å². The number of anilines is 1. The fraction of sp³-hybridized carbons (Fsp3) is 0.222. The van der Waals surface area contributed by atoms with Crippen LogP contribution in [0.3, 0.4) is 0 Å². The first kappa shape index (κ1) is 18.4. The molecule has 0 unspecified atom stereocenters. The van der Waals surface area contributed by atoms with Gasteiger partial charge >= 0.3 is 0 Å². The van der Waals surface area contributed by atoms with E-state index in [1.165, 1.54) is 0 Å². The van der Waals surface area contributed by atoms with Crippen molar-refractivity contribution >= 4 is 68.4 Å². The van der Waals surface area contributed by atoms with E-state index in [0.717, 1.165) is 29.5 Å². The summed E-state index contributed by atoms with van der Waals surface area (Å²) >= 11 is 4.59. The molecule has 0 radical (unpaired) electrons. The minimum absolute atomic E-state index is 0.153. The van der Waals surface area contributed by atoms with Crippen molar-refractivity contribution in [3.8, 4) is 5.75 Å². The molecule has 7 heteroatoms. The van der Waals surface area contributed by atoms with Crippen molar-refractivity contribution < 1.29 is 4.74 Å². The van der Waals surface area contributed by atoms with Crippen LogP contribution in [0.25, 0.3) is 11.0 Å². The third kappa shape index (κ3) is 4.25.